The first-order chi connectivity index (χ1) is 9.95. The Morgan fingerprint density at radius 2 is 2.14 bits per heavy atom. The van der Waals surface area contributed by atoms with E-state index in [0.717, 1.165) is 4.57 Å². The maximum atomic E-state index is 11.7. The molecule has 1 saturated heterocycles. The van der Waals surface area contributed by atoms with Crippen molar-refractivity contribution in [2.24, 2.45) is 7.05 Å². The highest BCUT2D eigenvalue weighted by Gasteiger charge is 2.44. The zero-order valence-electron chi connectivity index (χ0n) is 11.1. The normalized spacial score (nSPS) is 29.3. The molecule has 114 valence electrons. The van der Waals surface area contributed by atoms with Gasteiger partial charge in [0.2, 0.25) is 0 Å². The van der Waals surface area contributed by atoms with Gasteiger partial charge >= 0.3 is 5.69 Å². The molecule has 0 aromatic carbocycles. The van der Waals surface area contributed by atoms with Crippen LogP contribution in [0.15, 0.2) is 11.1 Å². The maximum Gasteiger partial charge on any atom is 0.350 e. The first kappa shape index (κ1) is 13.9. The van der Waals surface area contributed by atoms with Crippen molar-refractivity contribution in [1.82, 2.24) is 19.1 Å². The summed E-state index contributed by atoms with van der Waals surface area (Å²) >= 11 is 0. The SMILES string of the molecule is Cn1c(N)c2ncn(C3O[C@H](CO)[C@@H](O)[C@H]3O)c2nc1=O. The van der Waals surface area contributed by atoms with Crippen LogP contribution in [0.25, 0.3) is 11.2 Å². The second-order valence-electron chi connectivity index (χ2n) is 4.89. The number of fused-ring (bicyclic) bond motifs is 1. The molecule has 0 bridgehead atoms. The predicted octanol–water partition coefficient (Wildman–Crippen LogP) is -2.68. The van der Waals surface area contributed by atoms with Crippen LogP contribution in [0.5, 0.6) is 0 Å². The van der Waals surface area contributed by atoms with Gasteiger partial charge in [0, 0.05) is 7.05 Å². The third-order valence-corrected chi connectivity index (χ3v) is 3.65. The lowest BCUT2D eigenvalue weighted by atomic mass is 10.1. The highest BCUT2D eigenvalue weighted by molar-refractivity contribution is 5.81. The van der Waals surface area contributed by atoms with Crippen LogP contribution in [0.3, 0.4) is 0 Å². The number of nitrogens with two attached hydrogens (primary N) is 1. The molecule has 0 saturated carbocycles. The molecule has 1 unspecified atom stereocenters. The molecular formula is C11H15N5O5. The predicted molar refractivity (Wildman–Crippen MR) is 70.2 cm³/mol. The fourth-order valence-corrected chi connectivity index (χ4v) is 2.37. The number of hydrogen-bond acceptors (Lipinski definition) is 8. The minimum Gasteiger partial charge on any atom is -0.394 e. The molecule has 2 aromatic rings. The van der Waals surface area contributed by atoms with E-state index in [1.807, 2.05) is 0 Å². The number of imidazole rings is 1. The second kappa shape index (κ2) is 4.77. The van der Waals surface area contributed by atoms with E-state index in [4.69, 9.17) is 15.6 Å². The maximum absolute atomic E-state index is 11.7. The first-order valence-electron chi connectivity index (χ1n) is 6.27. The number of hydrogen-bond donors (Lipinski definition) is 4. The third kappa shape index (κ3) is 1.92. The van der Waals surface area contributed by atoms with E-state index in [0.29, 0.717) is 0 Å². The third-order valence-electron chi connectivity index (χ3n) is 3.65. The van der Waals surface area contributed by atoms with Crippen LogP contribution < -0.4 is 11.4 Å². The lowest BCUT2D eigenvalue weighted by molar-refractivity contribution is -0.0511. The molecule has 0 aliphatic carbocycles. The molecule has 1 aliphatic heterocycles. The van der Waals surface area contributed by atoms with Gasteiger partial charge in [0.1, 0.15) is 29.6 Å². The molecule has 0 radical (unpaired) electrons. The van der Waals surface area contributed by atoms with Crippen molar-refractivity contribution >= 4 is 17.0 Å². The monoisotopic (exact) mass is 297 g/mol. The van der Waals surface area contributed by atoms with Gasteiger partial charge in [0.05, 0.1) is 12.9 Å². The Balaban J connectivity index is 2.12. The van der Waals surface area contributed by atoms with Crippen molar-refractivity contribution < 1.29 is 20.1 Å². The molecular weight excluding hydrogens is 282 g/mol. The van der Waals surface area contributed by atoms with Crippen molar-refractivity contribution in [2.75, 3.05) is 12.3 Å². The molecule has 4 atom stereocenters. The number of nitrogen functional groups attached to an aromatic ring is 1. The molecule has 3 rings (SSSR count). The van der Waals surface area contributed by atoms with E-state index in [9.17, 15) is 15.0 Å². The van der Waals surface area contributed by atoms with Gasteiger partial charge in [0.25, 0.3) is 0 Å². The average Bonchev–Trinajstić information content (AvgIpc) is 2.99. The summed E-state index contributed by atoms with van der Waals surface area (Å²) in [6.45, 7) is -0.446. The minimum absolute atomic E-state index is 0.135. The van der Waals surface area contributed by atoms with Gasteiger partial charge in [-0.1, -0.05) is 0 Å². The van der Waals surface area contributed by atoms with Crippen LogP contribution in [0, 0.1) is 0 Å². The van der Waals surface area contributed by atoms with Gasteiger partial charge < -0.3 is 25.8 Å². The van der Waals surface area contributed by atoms with Gasteiger partial charge in [-0.25, -0.2) is 9.78 Å². The van der Waals surface area contributed by atoms with Crippen molar-refractivity contribution in [1.29, 1.82) is 0 Å². The smallest absolute Gasteiger partial charge is 0.350 e. The topological polar surface area (TPSA) is 149 Å². The lowest BCUT2D eigenvalue weighted by Crippen LogP contribution is -2.33. The Bertz CT molecular complexity index is 740. The summed E-state index contributed by atoms with van der Waals surface area (Å²) in [6.07, 6.45) is -3.16. The molecule has 0 spiro atoms. The van der Waals surface area contributed by atoms with E-state index < -0.39 is 36.8 Å². The number of nitrogens with zero attached hydrogens (tertiary/aromatic N) is 4. The summed E-state index contributed by atoms with van der Waals surface area (Å²) < 4.78 is 7.85. The van der Waals surface area contributed by atoms with Gasteiger partial charge in [-0.15, -0.1) is 0 Å². The second-order valence-corrected chi connectivity index (χ2v) is 4.89. The van der Waals surface area contributed by atoms with Crippen LogP contribution in [0.4, 0.5) is 5.82 Å². The van der Waals surface area contributed by atoms with Gasteiger partial charge in [-0.3, -0.25) is 9.13 Å². The summed E-state index contributed by atoms with van der Waals surface area (Å²) in [5.74, 6) is 0.135. The van der Waals surface area contributed by atoms with Crippen molar-refractivity contribution in [2.45, 2.75) is 24.5 Å². The van der Waals surface area contributed by atoms with Crippen molar-refractivity contribution in [3.8, 4) is 0 Å². The quantitative estimate of drug-likeness (QED) is 0.468. The highest BCUT2D eigenvalue weighted by atomic mass is 16.6. The van der Waals surface area contributed by atoms with E-state index in [1.54, 1.807) is 0 Å². The summed E-state index contributed by atoms with van der Waals surface area (Å²) in [5, 5.41) is 28.9. The van der Waals surface area contributed by atoms with Crippen LogP contribution in [-0.4, -0.2) is 59.3 Å². The Morgan fingerprint density at radius 1 is 1.43 bits per heavy atom. The molecule has 21 heavy (non-hydrogen) atoms. The summed E-state index contributed by atoms with van der Waals surface area (Å²) in [4.78, 5) is 19.6. The average molecular weight is 297 g/mol. The first-order valence-corrected chi connectivity index (χ1v) is 6.27. The number of rotatable bonds is 2. The zero-order valence-corrected chi connectivity index (χ0v) is 11.1. The summed E-state index contributed by atoms with van der Waals surface area (Å²) in [7, 11) is 1.47. The summed E-state index contributed by atoms with van der Waals surface area (Å²) in [5.41, 5.74) is 5.66. The molecule has 3 heterocycles. The largest absolute Gasteiger partial charge is 0.394 e. The fourth-order valence-electron chi connectivity index (χ4n) is 2.37. The van der Waals surface area contributed by atoms with Crippen molar-refractivity contribution in [3.05, 3.63) is 16.8 Å². The molecule has 2 aromatic heterocycles. The van der Waals surface area contributed by atoms with Crippen LogP contribution >= 0.6 is 0 Å². The van der Waals surface area contributed by atoms with Crippen molar-refractivity contribution in [3.63, 3.8) is 0 Å². The molecule has 10 heteroatoms. The molecule has 5 N–H and O–H groups in total. The number of ether oxygens (including phenoxy) is 1. The van der Waals surface area contributed by atoms with Gasteiger partial charge in [-0.2, -0.15) is 4.98 Å². The van der Waals surface area contributed by atoms with Gasteiger partial charge in [0.15, 0.2) is 11.9 Å². The lowest BCUT2D eigenvalue weighted by Gasteiger charge is -2.16. The molecule has 0 amide bonds. The Morgan fingerprint density at radius 3 is 2.76 bits per heavy atom. The molecule has 10 nitrogen and oxygen atoms in total. The van der Waals surface area contributed by atoms with E-state index in [1.165, 1.54) is 17.9 Å². The Kier molecular flexibility index (Phi) is 3.17. The van der Waals surface area contributed by atoms with Gasteiger partial charge in [-0.05, 0) is 0 Å². The van der Waals surface area contributed by atoms with Crippen LogP contribution in [0.1, 0.15) is 6.23 Å². The number of anilines is 1. The Labute approximate surface area is 118 Å². The number of aliphatic hydroxyl groups is 3. The Hall–Kier alpha value is -2.01. The van der Waals surface area contributed by atoms with E-state index >= 15 is 0 Å². The molecule has 1 aliphatic rings. The van der Waals surface area contributed by atoms with Crippen LogP contribution in [0.2, 0.25) is 0 Å². The standard InChI is InChI=1S/C11H15N5O5/c1-15-8(12)5-9(14-11(15)20)16(3-13-5)10-7(19)6(18)4(2-17)21-10/h3-4,6-7,10,17-19H,2,12H2,1H3/t4-,6-,7-,10?/m1/s1. The van der Waals surface area contributed by atoms with E-state index in [2.05, 4.69) is 9.97 Å². The number of aliphatic hydroxyl groups excluding tert-OH is 3. The highest BCUT2D eigenvalue weighted by Crippen LogP contribution is 2.31. The number of aromatic nitrogens is 4. The van der Waals surface area contributed by atoms with Crippen LogP contribution in [-0.2, 0) is 11.8 Å². The minimum atomic E-state index is -1.29. The summed E-state index contributed by atoms with van der Waals surface area (Å²) in [6, 6.07) is 0. The molecule has 1 fully saturated rings. The van der Waals surface area contributed by atoms with E-state index in [-0.39, 0.29) is 17.0 Å². The zero-order chi connectivity index (χ0) is 15.3. The fraction of sp³-hybridized carbons (Fsp3) is 0.545.